The molecule has 1 rings (SSSR count). The van der Waals surface area contributed by atoms with Crippen LogP contribution in [0.4, 0.5) is 0 Å². The summed E-state index contributed by atoms with van der Waals surface area (Å²) in [5.41, 5.74) is 0. The lowest BCUT2D eigenvalue weighted by molar-refractivity contribution is -0.152. The van der Waals surface area contributed by atoms with Gasteiger partial charge in [-0.25, -0.2) is 0 Å². The summed E-state index contributed by atoms with van der Waals surface area (Å²) < 4.78 is 37.0. The minimum Gasteiger partial charge on any atom is -0.416 e. The molecule has 0 spiro atoms. The van der Waals surface area contributed by atoms with Crippen molar-refractivity contribution in [1.29, 1.82) is 0 Å². The van der Waals surface area contributed by atoms with E-state index in [1.165, 1.54) is 24.6 Å². The zero-order valence-corrected chi connectivity index (χ0v) is 42.7. The van der Waals surface area contributed by atoms with Gasteiger partial charge in [0.2, 0.25) is 0 Å². The Kier molecular flexibility index (Phi) is 23.6. The van der Waals surface area contributed by atoms with E-state index in [-0.39, 0.29) is 48.3 Å². The van der Waals surface area contributed by atoms with Crippen LogP contribution < -0.4 is 0 Å². The van der Waals surface area contributed by atoms with Crippen molar-refractivity contribution < 1.29 is 22.4 Å². The summed E-state index contributed by atoms with van der Waals surface area (Å²) >= 11 is 0. The zero-order chi connectivity index (χ0) is 40.6. The summed E-state index contributed by atoms with van der Waals surface area (Å²) in [5.74, 6) is 1.45. The first-order valence-electron chi connectivity index (χ1n) is 23.0. The van der Waals surface area contributed by atoms with Crippen molar-refractivity contribution in [2.75, 3.05) is 6.61 Å². The highest BCUT2D eigenvalue weighted by atomic mass is 28.4. The first-order valence-corrected chi connectivity index (χ1v) is 33.1. The first-order chi connectivity index (χ1) is 25.1. The molecule has 0 aromatic rings. The second-order valence-electron chi connectivity index (χ2n) is 17.5. The highest BCUT2D eigenvalue weighted by molar-refractivity contribution is 6.74. The third-order valence-electron chi connectivity index (χ3n) is 15.3. The second kappa shape index (κ2) is 24.4. The minimum absolute atomic E-state index is 0.0173. The van der Waals surface area contributed by atoms with Gasteiger partial charge in [0.05, 0.1) is 30.5 Å². The number of ether oxygens (including phenoxy) is 1. The van der Waals surface area contributed by atoms with Gasteiger partial charge in [-0.2, -0.15) is 0 Å². The Balaban J connectivity index is 3.77. The summed E-state index contributed by atoms with van der Waals surface area (Å²) in [6.45, 7) is 45.6. The molecule has 0 radical (unpaired) electrons. The van der Waals surface area contributed by atoms with Crippen LogP contribution in [0.15, 0.2) is 12.7 Å². The third kappa shape index (κ3) is 13.2. The summed E-state index contributed by atoms with van der Waals surface area (Å²) in [4.78, 5) is 0. The molecular weight excluding hydrogens is 721 g/mol. The molecule has 1 heterocycles. The fraction of sp³-hybridized carbons (Fsp3) is 0.955. The van der Waals surface area contributed by atoms with Crippen LogP contribution in [0.3, 0.4) is 0 Å². The van der Waals surface area contributed by atoms with E-state index in [4.69, 9.17) is 22.4 Å². The molecule has 0 amide bonds. The Morgan fingerprint density at radius 3 is 1.36 bits per heavy atom. The molecule has 0 aromatic heterocycles. The summed E-state index contributed by atoms with van der Waals surface area (Å²) in [6, 6.07) is 13.8. The molecule has 0 aromatic carbocycles. The lowest BCUT2D eigenvalue weighted by Crippen LogP contribution is -2.56. The molecule has 0 unspecified atom stereocenters. The monoisotopic (exact) mass is 815 g/mol. The molecule has 5 nitrogen and oxygen atoms in total. The molecule has 9 heteroatoms. The summed E-state index contributed by atoms with van der Waals surface area (Å²) in [7, 11) is -7.52. The van der Waals surface area contributed by atoms with Gasteiger partial charge in [-0.15, -0.1) is 6.58 Å². The molecule has 1 aliphatic heterocycles. The van der Waals surface area contributed by atoms with Crippen LogP contribution in [0.1, 0.15) is 131 Å². The number of hydrogen-bond donors (Lipinski definition) is 0. The Labute approximate surface area is 336 Å². The molecule has 53 heavy (non-hydrogen) atoms. The van der Waals surface area contributed by atoms with Crippen LogP contribution in [0, 0.1) is 29.6 Å². The Bertz CT molecular complexity index is 950. The molecule has 10 atom stereocenters. The van der Waals surface area contributed by atoms with Crippen molar-refractivity contribution in [3.63, 3.8) is 0 Å². The lowest BCUT2D eigenvalue weighted by Gasteiger charge is -2.50. The topological polar surface area (TPSA) is 46.2 Å². The maximum atomic E-state index is 7.78. The molecule has 1 aliphatic rings. The third-order valence-corrected chi connectivity index (χ3v) is 33.9. The van der Waals surface area contributed by atoms with Crippen LogP contribution in [0.5, 0.6) is 0 Å². The lowest BCUT2D eigenvalue weighted by atomic mass is 9.76. The quantitative estimate of drug-likeness (QED) is 0.0556. The highest BCUT2D eigenvalue weighted by Crippen LogP contribution is 2.42. The van der Waals surface area contributed by atoms with Crippen molar-refractivity contribution in [2.45, 2.75) is 234 Å². The van der Waals surface area contributed by atoms with Crippen molar-refractivity contribution in [3.8, 4) is 0 Å². The van der Waals surface area contributed by atoms with Gasteiger partial charge < -0.3 is 22.4 Å². The predicted octanol–water partition coefficient (Wildman–Crippen LogP) is 14.1. The molecule has 0 saturated carbocycles. The van der Waals surface area contributed by atoms with Crippen LogP contribution in [0.25, 0.3) is 0 Å². The van der Waals surface area contributed by atoms with Crippen LogP contribution >= 0.6 is 0 Å². The van der Waals surface area contributed by atoms with Gasteiger partial charge in [0.25, 0.3) is 0 Å². The Morgan fingerprint density at radius 2 is 0.962 bits per heavy atom. The van der Waals surface area contributed by atoms with Crippen molar-refractivity contribution in [3.05, 3.63) is 12.7 Å². The highest BCUT2D eigenvalue weighted by Gasteiger charge is 2.48. The maximum absolute atomic E-state index is 7.78. The van der Waals surface area contributed by atoms with E-state index in [1.807, 2.05) is 0 Å². The van der Waals surface area contributed by atoms with Crippen molar-refractivity contribution in [2.24, 2.45) is 29.6 Å². The van der Waals surface area contributed by atoms with E-state index < -0.39 is 33.3 Å². The molecular formula is C44H94O5Si4. The van der Waals surface area contributed by atoms with Crippen LogP contribution in [-0.2, 0) is 22.4 Å². The Morgan fingerprint density at radius 1 is 0.566 bits per heavy atom. The van der Waals surface area contributed by atoms with E-state index >= 15 is 0 Å². The molecule has 0 N–H and O–H groups in total. The molecule has 316 valence electrons. The van der Waals surface area contributed by atoms with Gasteiger partial charge in [0.15, 0.2) is 33.3 Å². The normalized spacial score (nSPS) is 23.2. The standard InChI is InChI=1S/C44H94O5Si4/c1-19-40(47-51(23-5,24-6)25-7)37(16)43(48-52(26-8,27-9)28-10)39(18)44(49-53(29-11,30-12)31-13)38(17)42-35(14)32-33-41(46-42)36(15)34-45-50(20-2,21-3)22-4/h19,35-44H,1,20-34H2,2-18H3/t35-,36+,37-,38-,39+,40+,41-,42-,43-,44-/m0/s1. The average molecular weight is 816 g/mol. The smallest absolute Gasteiger partial charge is 0.192 e. The maximum Gasteiger partial charge on any atom is 0.192 e. The van der Waals surface area contributed by atoms with Gasteiger partial charge in [0, 0.05) is 30.3 Å². The van der Waals surface area contributed by atoms with Crippen molar-refractivity contribution >= 4 is 33.3 Å². The fourth-order valence-corrected chi connectivity index (χ4v) is 21.3. The van der Waals surface area contributed by atoms with E-state index in [2.05, 4.69) is 130 Å². The van der Waals surface area contributed by atoms with E-state index in [9.17, 15) is 0 Å². The number of rotatable bonds is 29. The largest absolute Gasteiger partial charge is 0.416 e. The van der Waals surface area contributed by atoms with Gasteiger partial charge in [-0.1, -0.05) is 124 Å². The Hall–Kier alpha value is 0.408. The van der Waals surface area contributed by atoms with Gasteiger partial charge >= 0.3 is 0 Å². The van der Waals surface area contributed by atoms with Gasteiger partial charge in [-0.05, 0) is 91.3 Å². The van der Waals surface area contributed by atoms with Gasteiger partial charge in [0.1, 0.15) is 0 Å². The van der Waals surface area contributed by atoms with E-state index in [0.717, 1.165) is 67.4 Å². The minimum atomic E-state index is -1.99. The zero-order valence-electron chi connectivity index (χ0n) is 38.7. The first kappa shape index (κ1) is 51.4. The molecule has 1 fully saturated rings. The van der Waals surface area contributed by atoms with Crippen LogP contribution in [-0.4, -0.2) is 70.4 Å². The summed E-state index contributed by atoms with van der Waals surface area (Å²) in [5, 5.41) is 0. The van der Waals surface area contributed by atoms with Crippen LogP contribution in [0.2, 0.25) is 72.5 Å². The van der Waals surface area contributed by atoms with E-state index in [1.54, 1.807) is 0 Å². The molecule has 1 saturated heterocycles. The SMILES string of the molecule is C=C[C@@H](O[Si](CC)(CC)CC)[C@H](C)[C@H](O[Si](CC)(CC)CC)[C@@H](C)[C@@H](O[Si](CC)(CC)CC)[C@@H](C)[C@H]1O[C@H]([C@H](C)CO[Si](CC)(CC)CC)CC[C@@H]1C. The van der Waals surface area contributed by atoms with E-state index in [0.29, 0.717) is 11.8 Å². The molecule has 0 bridgehead atoms. The summed E-state index contributed by atoms with van der Waals surface area (Å²) in [6.07, 6.45) is 4.80. The second-order valence-corrected chi connectivity index (χ2v) is 36.5. The predicted molar refractivity (Wildman–Crippen MR) is 243 cm³/mol. The van der Waals surface area contributed by atoms with Gasteiger partial charge in [-0.3, -0.25) is 0 Å². The number of hydrogen-bond acceptors (Lipinski definition) is 5. The molecule has 0 aliphatic carbocycles. The van der Waals surface area contributed by atoms with Crippen molar-refractivity contribution in [1.82, 2.24) is 0 Å². The average Bonchev–Trinajstić information content (AvgIpc) is 3.20. The fourth-order valence-electron chi connectivity index (χ4n) is 9.71.